The fourth-order valence-corrected chi connectivity index (χ4v) is 11.2. The lowest BCUT2D eigenvalue weighted by Crippen LogP contribution is -2.66. The van der Waals surface area contributed by atoms with Gasteiger partial charge < -0.3 is 4.43 Å². The van der Waals surface area contributed by atoms with E-state index in [1.165, 1.54) is 27.7 Å². The van der Waals surface area contributed by atoms with Gasteiger partial charge in [-0.05, 0) is 35.2 Å². The second-order valence-electron chi connectivity index (χ2n) is 10.3. The van der Waals surface area contributed by atoms with Crippen molar-refractivity contribution in [2.75, 3.05) is 6.61 Å². The topological polar surface area (TPSA) is 9.23 Å². The van der Waals surface area contributed by atoms with E-state index < -0.39 is 22.5 Å². The summed E-state index contributed by atoms with van der Waals surface area (Å²) in [5.41, 5.74) is 1.52. The van der Waals surface area contributed by atoms with Gasteiger partial charge in [-0.15, -0.1) is 11.6 Å². The third-order valence-corrected chi connectivity index (χ3v) is 12.7. The fourth-order valence-electron chi connectivity index (χ4n) is 4.80. The smallest absolute Gasteiger partial charge is 0.261 e. The number of hydrogen-bond donors (Lipinski definition) is 0. The van der Waals surface area contributed by atoms with Gasteiger partial charge in [0.05, 0.1) is 0 Å². The van der Waals surface area contributed by atoms with Crippen molar-refractivity contribution in [2.45, 2.75) is 69.4 Å². The van der Waals surface area contributed by atoms with Crippen LogP contribution < -0.4 is 10.4 Å². The summed E-state index contributed by atoms with van der Waals surface area (Å²) >= 11 is -0.479. The molecule has 0 radical (unpaired) electrons. The van der Waals surface area contributed by atoms with Crippen LogP contribution in [0.25, 0.3) is 0 Å². The zero-order valence-electron chi connectivity index (χ0n) is 20.2. The summed E-state index contributed by atoms with van der Waals surface area (Å²) in [6.07, 6.45) is 4.63. The number of benzene rings is 2. The molecule has 2 aromatic carbocycles. The average molecular weight is 437 g/mol. The zero-order valence-corrected chi connectivity index (χ0v) is 22.4. The first-order chi connectivity index (χ1) is 14.2. The molecule has 2 aromatic rings. The molecule has 0 heterocycles. The molecule has 0 saturated heterocycles. The third-order valence-electron chi connectivity index (χ3n) is 5.89. The van der Waals surface area contributed by atoms with Crippen LogP contribution in [0.1, 0.15) is 47.5 Å². The third kappa shape index (κ3) is 6.69. The number of rotatable bonds is 10. The summed E-state index contributed by atoms with van der Waals surface area (Å²) in [5, 5.41) is 4.20. The van der Waals surface area contributed by atoms with Crippen LogP contribution in [0.2, 0.25) is 21.9 Å². The van der Waals surface area contributed by atoms with E-state index in [2.05, 4.69) is 113 Å². The standard InChI is InChI=1S/C25H35OSi.2CH3.Al/c1-21(2)20-22(3)14-13-19-26-27(25(4,5)6,23-15-9-7-10-16-23)24-17-11-8-12-18-24;;;/h7-12,14-18,21H,1,13,19-20H2,2-6H3;2*1H3;/b22-14+;;;/t21-;;;/m1.../s1. The maximum Gasteiger partial charge on any atom is 0.261 e. The van der Waals surface area contributed by atoms with Gasteiger partial charge in [-0.2, -0.15) is 0 Å². The van der Waals surface area contributed by atoms with E-state index in [9.17, 15) is 0 Å². The van der Waals surface area contributed by atoms with Crippen molar-refractivity contribution in [3.63, 3.8) is 0 Å². The Morgan fingerprint density at radius 1 is 0.967 bits per heavy atom. The first kappa shape index (κ1) is 25.2. The normalized spacial score (nSPS) is 13.9. The van der Waals surface area contributed by atoms with Crippen molar-refractivity contribution in [3.05, 3.63) is 72.3 Å². The van der Waals surface area contributed by atoms with E-state index in [-0.39, 0.29) is 5.04 Å². The molecule has 0 spiro atoms. The summed E-state index contributed by atoms with van der Waals surface area (Å²) in [7, 11) is -2.40. The maximum atomic E-state index is 6.99. The molecule has 1 atom stereocenters. The second kappa shape index (κ2) is 11.5. The van der Waals surface area contributed by atoms with E-state index >= 15 is 0 Å². The van der Waals surface area contributed by atoms with Gasteiger partial charge >= 0.3 is 0 Å². The van der Waals surface area contributed by atoms with E-state index in [4.69, 9.17) is 4.43 Å². The van der Waals surface area contributed by atoms with Gasteiger partial charge in [0.25, 0.3) is 22.5 Å². The molecule has 0 amide bonds. The Kier molecular flexibility index (Phi) is 9.64. The number of hydrogen-bond acceptors (Lipinski definition) is 1. The molecule has 0 N–H and O–H groups in total. The highest BCUT2D eigenvalue weighted by atomic mass is 28.4. The van der Waals surface area contributed by atoms with E-state index in [1.54, 1.807) is 0 Å². The van der Waals surface area contributed by atoms with Gasteiger partial charge in [0.2, 0.25) is 0 Å². The van der Waals surface area contributed by atoms with Crippen LogP contribution in [0.3, 0.4) is 0 Å². The Morgan fingerprint density at radius 2 is 1.47 bits per heavy atom. The first-order valence-corrected chi connectivity index (χ1v) is 16.6. The molecule has 1 nitrogen and oxygen atoms in total. The largest absolute Gasteiger partial charge is 0.407 e. The molecule has 162 valence electrons. The lowest BCUT2D eigenvalue weighted by atomic mass is 10.0. The Bertz CT molecular complexity index is 738. The summed E-state index contributed by atoms with van der Waals surface area (Å²) in [6.45, 7) is 12.5. The van der Waals surface area contributed by atoms with Crippen LogP contribution in [-0.2, 0) is 4.43 Å². The minimum absolute atomic E-state index is 0.0465. The lowest BCUT2D eigenvalue weighted by Gasteiger charge is -2.43. The van der Waals surface area contributed by atoms with Crippen LogP contribution in [0, 0.1) is 5.92 Å². The average Bonchev–Trinajstić information content (AvgIpc) is 2.68. The molecule has 0 aliphatic carbocycles. The van der Waals surface area contributed by atoms with Crippen LogP contribution in [0.5, 0.6) is 0 Å². The van der Waals surface area contributed by atoms with Gasteiger partial charge in [-0.3, -0.25) is 0 Å². The maximum absolute atomic E-state index is 6.99. The molecule has 3 heteroatoms. The summed E-state index contributed by atoms with van der Waals surface area (Å²) < 4.78 is 6.99. The molecular formula is C27H41AlOSi. The highest BCUT2D eigenvalue weighted by molar-refractivity contribution is 6.99. The fraction of sp³-hybridized carbons (Fsp3) is 0.481. The van der Waals surface area contributed by atoms with Gasteiger partial charge in [0, 0.05) is 6.61 Å². The number of allylic oxidation sites excluding steroid dienone is 1. The quantitative estimate of drug-likeness (QED) is 0.229. The SMILES string of the molecule is C/C(=C\CCO[Si](c1ccccc1)(c1ccccc1)C(C)(C)C)C[C@@H](C)[CH2][Al]([CH3])[CH3]. The zero-order chi connectivity index (χ0) is 22.2. The summed E-state index contributed by atoms with van der Waals surface area (Å²) in [6, 6.07) is 21.9. The lowest BCUT2D eigenvalue weighted by molar-refractivity contribution is 0.304. The molecule has 0 aliphatic heterocycles. The Labute approximate surface area is 191 Å². The van der Waals surface area contributed by atoms with Crippen molar-refractivity contribution in [1.29, 1.82) is 0 Å². The Balaban J connectivity index is 2.22. The minimum atomic E-state index is -2.40. The van der Waals surface area contributed by atoms with Gasteiger partial charge in [-0.25, -0.2) is 0 Å². The predicted octanol–water partition coefficient (Wildman–Crippen LogP) is 6.68. The molecule has 0 saturated carbocycles. The van der Waals surface area contributed by atoms with E-state index in [1.807, 2.05) is 0 Å². The molecule has 0 aromatic heterocycles. The van der Waals surface area contributed by atoms with Crippen molar-refractivity contribution >= 4 is 32.8 Å². The highest BCUT2D eigenvalue weighted by Gasteiger charge is 2.49. The molecule has 0 bridgehead atoms. The molecule has 0 unspecified atom stereocenters. The first-order valence-electron chi connectivity index (χ1n) is 11.6. The van der Waals surface area contributed by atoms with Crippen LogP contribution in [0.15, 0.2) is 72.3 Å². The molecular weight excluding hydrogens is 395 g/mol. The van der Waals surface area contributed by atoms with Gasteiger partial charge in [0.1, 0.15) is 0 Å². The van der Waals surface area contributed by atoms with E-state index in [0.717, 1.165) is 18.9 Å². The van der Waals surface area contributed by atoms with Gasteiger partial charge in [-0.1, -0.05) is 111 Å². The molecule has 2 rings (SSSR count). The summed E-state index contributed by atoms with van der Waals surface area (Å²) in [5.74, 6) is 5.71. The van der Waals surface area contributed by atoms with Crippen LogP contribution in [-0.4, -0.2) is 29.1 Å². The van der Waals surface area contributed by atoms with Crippen LogP contribution in [0.4, 0.5) is 0 Å². The molecule has 0 aliphatic rings. The second-order valence-corrected chi connectivity index (χ2v) is 17.9. The van der Waals surface area contributed by atoms with Crippen molar-refractivity contribution in [2.24, 2.45) is 5.92 Å². The Morgan fingerprint density at radius 3 is 1.90 bits per heavy atom. The highest BCUT2D eigenvalue weighted by Crippen LogP contribution is 2.36. The van der Waals surface area contributed by atoms with Crippen molar-refractivity contribution < 1.29 is 4.43 Å². The monoisotopic (exact) mass is 436 g/mol. The van der Waals surface area contributed by atoms with Crippen molar-refractivity contribution in [1.82, 2.24) is 0 Å². The summed E-state index contributed by atoms with van der Waals surface area (Å²) in [4.78, 5) is 0. The molecule has 0 fully saturated rings. The minimum Gasteiger partial charge on any atom is -0.407 e. The van der Waals surface area contributed by atoms with Crippen LogP contribution >= 0.6 is 0 Å². The van der Waals surface area contributed by atoms with Gasteiger partial charge in [0.15, 0.2) is 0 Å². The van der Waals surface area contributed by atoms with E-state index in [0.29, 0.717) is 0 Å². The Hall–Kier alpha value is -1.11. The molecule has 30 heavy (non-hydrogen) atoms. The predicted molar refractivity (Wildman–Crippen MR) is 138 cm³/mol. The van der Waals surface area contributed by atoms with Crippen molar-refractivity contribution in [3.8, 4) is 0 Å².